The van der Waals surface area contributed by atoms with Crippen LogP contribution in [0.25, 0.3) is 6.08 Å². The maximum Gasteiger partial charge on any atom is 0.273 e. The molecule has 1 aliphatic rings. The first-order valence-corrected chi connectivity index (χ1v) is 8.84. The number of nitro benzene ring substituents is 1. The molecule has 1 saturated heterocycles. The van der Waals surface area contributed by atoms with E-state index in [9.17, 15) is 14.9 Å². The first kappa shape index (κ1) is 19.3. The first-order valence-electron chi connectivity index (χ1n) is 8.43. The molecule has 0 unspecified atom stereocenters. The van der Waals surface area contributed by atoms with Gasteiger partial charge in [-0.15, -0.1) is 0 Å². The minimum absolute atomic E-state index is 0.00774. The molecule has 0 spiro atoms. The SMILES string of the molecule is CCOc1cc(/C=C2/NC(=S)NC2=O)ccc1OCc1cccc([N+](=O)[O-])c1. The van der Waals surface area contributed by atoms with Gasteiger partial charge in [-0.1, -0.05) is 18.2 Å². The third kappa shape index (κ3) is 4.63. The van der Waals surface area contributed by atoms with Gasteiger partial charge in [0.15, 0.2) is 16.6 Å². The Hall–Kier alpha value is -3.46. The Kier molecular flexibility index (Phi) is 5.85. The highest BCUT2D eigenvalue weighted by Crippen LogP contribution is 2.30. The van der Waals surface area contributed by atoms with Gasteiger partial charge < -0.3 is 14.8 Å². The van der Waals surface area contributed by atoms with Crippen molar-refractivity contribution in [1.82, 2.24) is 10.6 Å². The number of ether oxygens (including phenoxy) is 2. The summed E-state index contributed by atoms with van der Waals surface area (Å²) < 4.78 is 11.4. The van der Waals surface area contributed by atoms with E-state index in [4.69, 9.17) is 21.7 Å². The van der Waals surface area contributed by atoms with Crippen molar-refractivity contribution in [3.05, 3.63) is 69.4 Å². The fraction of sp³-hybridized carbons (Fsp3) is 0.158. The minimum Gasteiger partial charge on any atom is -0.490 e. The number of nitrogens with zero attached hydrogens (tertiary/aromatic N) is 1. The molecule has 2 aromatic rings. The zero-order valence-corrected chi connectivity index (χ0v) is 15.7. The number of benzene rings is 2. The van der Waals surface area contributed by atoms with Crippen LogP contribution in [0.15, 0.2) is 48.2 Å². The van der Waals surface area contributed by atoms with Gasteiger partial charge in [-0.2, -0.15) is 0 Å². The first-order chi connectivity index (χ1) is 13.5. The Bertz CT molecular complexity index is 974. The highest BCUT2D eigenvalue weighted by atomic mass is 32.1. The molecule has 1 fully saturated rings. The molecule has 0 bridgehead atoms. The normalized spacial score (nSPS) is 14.5. The van der Waals surface area contributed by atoms with Crippen LogP contribution in [0.4, 0.5) is 5.69 Å². The molecule has 0 aliphatic carbocycles. The average Bonchev–Trinajstić information content (AvgIpc) is 2.98. The third-order valence-electron chi connectivity index (χ3n) is 3.81. The molecule has 144 valence electrons. The predicted molar refractivity (Wildman–Crippen MR) is 107 cm³/mol. The molecule has 2 N–H and O–H groups in total. The van der Waals surface area contributed by atoms with Crippen LogP contribution in [0, 0.1) is 10.1 Å². The van der Waals surface area contributed by atoms with E-state index in [-0.39, 0.29) is 23.3 Å². The third-order valence-corrected chi connectivity index (χ3v) is 4.02. The minimum atomic E-state index is -0.448. The van der Waals surface area contributed by atoms with Gasteiger partial charge >= 0.3 is 0 Å². The fourth-order valence-corrected chi connectivity index (χ4v) is 2.77. The molecular weight excluding hydrogens is 382 g/mol. The van der Waals surface area contributed by atoms with Crippen LogP contribution >= 0.6 is 12.2 Å². The van der Waals surface area contributed by atoms with Crippen LogP contribution < -0.4 is 20.1 Å². The quantitative estimate of drug-likeness (QED) is 0.319. The molecule has 1 aliphatic heterocycles. The van der Waals surface area contributed by atoms with Crippen LogP contribution in [0.3, 0.4) is 0 Å². The van der Waals surface area contributed by atoms with Gasteiger partial charge in [-0.05, 0) is 48.5 Å². The standard InChI is InChI=1S/C19H17N3O5S/c1-2-26-17-10-12(9-15-18(23)21-19(28)20-15)6-7-16(17)27-11-13-4-3-5-14(8-13)22(24)25/h3-10H,2,11H2,1H3,(H2,20,21,23,28)/b15-9+. The molecule has 8 nitrogen and oxygen atoms in total. The molecule has 1 amide bonds. The van der Waals surface area contributed by atoms with Crippen LogP contribution in [0.2, 0.25) is 0 Å². The number of rotatable bonds is 7. The Labute approximate surface area is 166 Å². The number of nitro groups is 1. The Balaban J connectivity index is 1.79. The fourth-order valence-electron chi connectivity index (χ4n) is 2.57. The molecule has 0 atom stereocenters. The van der Waals surface area contributed by atoms with Crippen molar-refractivity contribution in [2.24, 2.45) is 0 Å². The number of nitrogens with one attached hydrogen (secondary N) is 2. The van der Waals surface area contributed by atoms with E-state index in [0.29, 0.717) is 29.4 Å². The van der Waals surface area contributed by atoms with Gasteiger partial charge in [-0.25, -0.2) is 0 Å². The van der Waals surface area contributed by atoms with E-state index >= 15 is 0 Å². The van der Waals surface area contributed by atoms with Crippen molar-refractivity contribution in [2.75, 3.05) is 6.61 Å². The van der Waals surface area contributed by atoms with Crippen LogP contribution in [-0.4, -0.2) is 22.5 Å². The van der Waals surface area contributed by atoms with Gasteiger partial charge in [0.2, 0.25) is 0 Å². The topological polar surface area (TPSA) is 103 Å². The maximum atomic E-state index is 11.8. The average molecular weight is 399 g/mol. The summed E-state index contributed by atoms with van der Waals surface area (Å²) in [6, 6.07) is 11.5. The zero-order chi connectivity index (χ0) is 20.1. The summed E-state index contributed by atoms with van der Waals surface area (Å²) in [5.74, 6) is 0.701. The number of hydrogen-bond acceptors (Lipinski definition) is 6. The van der Waals surface area contributed by atoms with E-state index < -0.39 is 4.92 Å². The van der Waals surface area contributed by atoms with Gasteiger partial charge in [0.05, 0.1) is 11.5 Å². The zero-order valence-electron chi connectivity index (χ0n) is 14.9. The van der Waals surface area contributed by atoms with Crippen LogP contribution in [0.5, 0.6) is 11.5 Å². The second-order valence-electron chi connectivity index (χ2n) is 5.82. The van der Waals surface area contributed by atoms with Gasteiger partial charge in [0, 0.05) is 12.1 Å². The Morgan fingerprint density at radius 3 is 2.64 bits per heavy atom. The molecule has 3 rings (SSSR count). The number of amides is 1. The number of carbonyl (C=O) groups excluding carboxylic acids is 1. The summed E-state index contributed by atoms with van der Waals surface area (Å²) >= 11 is 4.91. The second kappa shape index (κ2) is 8.49. The Morgan fingerprint density at radius 1 is 1.14 bits per heavy atom. The second-order valence-corrected chi connectivity index (χ2v) is 6.23. The summed E-state index contributed by atoms with van der Waals surface area (Å²) in [7, 11) is 0. The Morgan fingerprint density at radius 2 is 1.96 bits per heavy atom. The van der Waals surface area contributed by atoms with Crippen LogP contribution in [0.1, 0.15) is 18.1 Å². The molecular formula is C19H17N3O5S. The monoisotopic (exact) mass is 399 g/mol. The van der Waals surface area contributed by atoms with Crippen molar-refractivity contribution in [2.45, 2.75) is 13.5 Å². The van der Waals surface area contributed by atoms with Crippen LogP contribution in [-0.2, 0) is 11.4 Å². The molecule has 1 heterocycles. The summed E-state index contributed by atoms with van der Waals surface area (Å²) in [5, 5.41) is 16.4. The highest BCUT2D eigenvalue weighted by molar-refractivity contribution is 7.80. The summed E-state index contributed by atoms with van der Waals surface area (Å²) in [5.41, 5.74) is 1.75. The smallest absolute Gasteiger partial charge is 0.273 e. The van der Waals surface area contributed by atoms with Crippen molar-refractivity contribution >= 4 is 35.0 Å². The van der Waals surface area contributed by atoms with Crippen molar-refractivity contribution in [3.8, 4) is 11.5 Å². The molecule has 28 heavy (non-hydrogen) atoms. The molecule has 2 aromatic carbocycles. The van der Waals surface area contributed by atoms with E-state index in [1.807, 2.05) is 6.92 Å². The predicted octanol–water partition coefficient (Wildman–Crippen LogP) is 2.92. The lowest BCUT2D eigenvalue weighted by molar-refractivity contribution is -0.384. The number of non-ortho nitro benzene ring substituents is 1. The van der Waals surface area contributed by atoms with Gasteiger partial charge in [0.25, 0.3) is 11.6 Å². The van der Waals surface area contributed by atoms with E-state index in [2.05, 4.69) is 10.6 Å². The molecule has 0 aromatic heterocycles. The van der Waals surface area contributed by atoms with Gasteiger partial charge in [-0.3, -0.25) is 20.2 Å². The largest absolute Gasteiger partial charge is 0.490 e. The summed E-state index contributed by atoms with van der Waals surface area (Å²) in [6.45, 7) is 2.43. The van der Waals surface area contributed by atoms with E-state index in [1.54, 1.807) is 36.4 Å². The van der Waals surface area contributed by atoms with E-state index in [1.165, 1.54) is 12.1 Å². The lowest BCUT2D eigenvalue weighted by Crippen LogP contribution is -2.21. The molecule has 9 heteroatoms. The van der Waals surface area contributed by atoms with Crippen molar-refractivity contribution in [1.29, 1.82) is 0 Å². The highest BCUT2D eigenvalue weighted by Gasteiger charge is 2.20. The molecule has 0 radical (unpaired) electrons. The van der Waals surface area contributed by atoms with Gasteiger partial charge in [0.1, 0.15) is 12.3 Å². The molecule has 0 saturated carbocycles. The lowest BCUT2D eigenvalue weighted by Gasteiger charge is -2.13. The summed E-state index contributed by atoms with van der Waals surface area (Å²) in [4.78, 5) is 22.2. The number of hydrogen-bond donors (Lipinski definition) is 2. The van der Waals surface area contributed by atoms with Crippen molar-refractivity contribution in [3.63, 3.8) is 0 Å². The van der Waals surface area contributed by atoms with Crippen molar-refractivity contribution < 1.29 is 19.2 Å². The summed E-state index contributed by atoms with van der Waals surface area (Å²) in [6.07, 6.45) is 1.65. The van der Waals surface area contributed by atoms with E-state index in [0.717, 1.165) is 5.56 Å². The maximum absolute atomic E-state index is 11.8. The number of thiocarbonyl (C=S) groups is 1. The number of carbonyl (C=O) groups is 1. The lowest BCUT2D eigenvalue weighted by atomic mass is 10.1.